The fourth-order valence-corrected chi connectivity index (χ4v) is 7.88. The number of nitriles is 2. The van der Waals surface area contributed by atoms with Crippen LogP contribution >= 0.6 is 0 Å². The highest BCUT2D eigenvalue weighted by Crippen LogP contribution is 2.30. The van der Waals surface area contributed by atoms with Crippen molar-refractivity contribution in [3.05, 3.63) is 143 Å². The number of carbonyl (C=O) groups excluding carboxylic acids is 1. The summed E-state index contributed by atoms with van der Waals surface area (Å²) in [4.78, 5) is 40.5. The number of benzene rings is 2. The van der Waals surface area contributed by atoms with Gasteiger partial charge in [-0.3, -0.25) is 19.7 Å². The molecule has 2 aromatic carbocycles. The first-order valence-corrected chi connectivity index (χ1v) is 22.3. The van der Waals surface area contributed by atoms with Crippen LogP contribution < -0.4 is 9.47 Å². The summed E-state index contributed by atoms with van der Waals surface area (Å²) in [6.07, 6.45) is 11.3. The summed E-state index contributed by atoms with van der Waals surface area (Å²) < 4.78 is 22.9. The minimum atomic E-state index is -0.221. The molecular formula is C51H51N9O6. The average molecular weight is 886 g/mol. The molecule has 0 aliphatic carbocycles. The van der Waals surface area contributed by atoms with Crippen LogP contribution in [-0.4, -0.2) is 104 Å². The maximum Gasteiger partial charge on any atom is 0.178 e. The van der Waals surface area contributed by atoms with E-state index in [1.165, 1.54) is 6.92 Å². The topological polar surface area (TPSA) is 202 Å². The lowest BCUT2D eigenvalue weighted by Crippen LogP contribution is -2.51. The summed E-state index contributed by atoms with van der Waals surface area (Å²) in [5.41, 5.74) is 7.51. The van der Waals surface area contributed by atoms with E-state index < -0.39 is 0 Å². The van der Waals surface area contributed by atoms with Gasteiger partial charge in [0.05, 0.1) is 60.7 Å². The zero-order chi connectivity index (χ0) is 45.8. The number of β-amino-alcohol motifs (C(OH)–C–C–N with tert-alkyl or cyclic N) is 1. The Morgan fingerprint density at radius 3 is 1.64 bits per heavy atom. The van der Waals surface area contributed by atoms with E-state index in [4.69, 9.17) is 23.9 Å². The molecule has 7 heterocycles. The van der Waals surface area contributed by atoms with Gasteiger partial charge in [-0.1, -0.05) is 12.1 Å². The Balaban J connectivity index is 0.000000181. The van der Waals surface area contributed by atoms with Gasteiger partial charge in [0.15, 0.2) is 5.78 Å². The summed E-state index contributed by atoms with van der Waals surface area (Å²) in [5, 5.41) is 28.8. The second kappa shape index (κ2) is 21.8. The van der Waals surface area contributed by atoms with E-state index in [0.717, 1.165) is 65.0 Å². The molecule has 3 aliphatic heterocycles. The zero-order valence-electron chi connectivity index (χ0n) is 37.0. The van der Waals surface area contributed by atoms with E-state index >= 15 is 0 Å². The minimum absolute atomic E-state index is 0.0673. The molecule has 15 nitrogen and oxygen atoms in total. The van der Waals surface area contributed by atoms with Crippen LogP contribution in [0.25, 0.3) is 22.5 Å². The van der Waals surface area contributed by atoms with E-state index in [1.807, 2.05) is 60.8 Å². The van der Waals surface area contributed by atoms with Crippen molar-refractivity contribution < 1.29 is 28.8 Å². The van der Waals surface area contributed by atoms with Crippen molar-refractivity contribution in [2.75, 3.05) is 39.5 Å². The smallest absolute Gasteiger partial charge is 0.178 e. The predicted octanol–water partition coefficient (Wildman–Crippen LogP) is 7.06. The van der Waals surface area contributed by atoms with Gasteiger partial charge in [0.1, 0.15) is 53.2 Å². The quantitative estimate of drug-likeness (QED) is 0.115. The van der Waals surface area contributed by atoms with Gasteiger partial charge in [-0.2, -0.15) is 10.5 Å². The average Bonchev–Trinajstić information content (AvgIpc) is 3.34. The van der Waals surface area contributed by atoms with Gasteiger partial charge in [-0.05, 0) is 78.7 Å². The second-order valence-electron chi connectivity index (χ2n) is 16.6. The van der Waals surface area contributed by atoms with Crippen LogP contribution in [0.1, 0.15) is 95.7 Å². The molecule has 6 aromatic rings. The molecule has 4 aromatic heterocycles. The minimum Gasteiger partial charge on any atom is -0.489 e. The van der Waals surface area contributed by atoms with Gasteiger partial charge < -0.3 is 24.1 Å². The number of hydrogen-bond acceptors (Lipinski definition) is 15. The number of aliphatic hydroxyl groups excluding tert-OH is 1. The highest BCUT2D eigenvalue weighted by molar-refractivity contribution is 5.92. The van der Waals surface area contributed by atoms with Crippen molar-refractivity contribution in [2.45, 2.75) is 76.7 Å². The van der Waals surface area contributed by atoms with Gasteiger partial charge in [0.2, 0.25) is 0 Å². The Kier molecular flexibility index (Phi) is 15.0. The summed E-state index contributed by atoms with van der Waals surface area (Å²) in [7, 11) is 0. The van der Waals surface area contributed by atoms with Crippen LogP contribution in [0.3, 0.4) is 0 Å². The summed E-state index contributed by atoms with van der Waals surface area (Å²) in [6.45, 7) is 7.73. The highest BCUT2D eigenvalue weighted by Gasteiger charge is 2.30. The Labute approximate surface area is 384 Å². The Bertz CT molecular complexity index is 2690. The number of pyridine rings is 2. The number of aromatic nitrogens is 6. The number of likely N-dealkylation sites (tertiary alicyclic amines) is 1. The third-order valence-corrected chi connectivity index (χ3v) is 11.8. The van der Waals surface area contributed by atoms with Crippen LogP contribution in [0.5, 0.6) is 11.5 Å². The lowest BCUT2D eigenvalue weighted by atomic mass is 10.0. The Morgan fingerprint density at radius 1 is 0.712 bits per heavy atom. The van der Waals surface area contributed by atoms with Crippen molar-refractivity contribution in [2.24, 2.45) is 0 Å². The van der Waals surface area contributed by atoms with Crippen LogP contribution in [0.15, 0.2) is 97.6 Å². The molecule has 0 saturated carbocycles. The normalized spacial score (nSPS) is 16.1. The standard InChI is InChI=1S/C27H29N5O3.C24H22N4O3/c1-18(32-16-22(33)17-32)24-4-2-19(15-30-24)12-27-29-9-6-25(31-27)20-3-5-26(21(13-20)14-28)35-23-7-10-34-11-8-23;1-16(29)21-4-2-17(15-27-21)12-24-26-9-6-22(28-24)18-3-5-23(19(13-18)14-25)31-20-7-10-30-11-8-20/h2-6,9,13,15,18,22-23,33H,7-8,10-12,16-17H2,1H3;2-6,9,13,15,20H,7-8,10-12H2,1H3. The van der Waals surface area contributed by atoms with E-state index in [9.17, 15) is 20.4 Å². The fourth-order valence-electron chi connectivity index (χ4n) is 7.88. The highest BCUT2D eigenvalue weighted by atomic mass is 16.5. The van der Waals surface area contributed by atoms with E-state index in [1.54, 1.807) is 30.7 Å². The molecule has 9 rings (SSSR count). The molecule has 1 atom stereocenters. The third-order valence-electron chi connectivity index (χ3n) is 11.8. The van der Waals surface area contributed by atoms with Crippen LogP contribution in [-0.2, 0) is 22.3 Å². The fraction of sp³-hybridized carbons (Fsp3) is 0.353. The molecule has 1 N–H and O–H groups in total. The maximum absolute atomic E-state index is 11.4. The van der Waals surface area contributed by atoms with Crippen LogP contribution in [0.4, 0.5) is 0 Å². The van der Waals surface area contributed by atoms with Crippen molar-refractivity contribution in [3.63, 3.8) is 0 Å². The zero-order valence-corrected chi connectivity index (χ0v) is 37.0. The SMILES string of the molecule is CC(=O)c1ccc(Cc2nccc(-c3ccc(OC4CCOCC4)c(C#N)c3)n2)cn1.CC(c1ccc(Cc2nccc(-c3ccc(OC4CCOCC4)c(C#N)c3)n2)cn1)N1CC(O)C1. The van der Waals surface area contributed by atoms with Gasteiger partial charge in [-0.25, -0.2) is 19.9 Å². The number of nitrogens with zero attached hydrogens (tertiary/aromatic N) is 9. The van der Waals surface area contributed by atoms with Crippen molar-refractivity contribution in [3.8, 4) is 46.2 Å². The first-order chi connectivity index (χ1) is 32.2. The number of ether oxygens (including phenoxy) is 4. The number of rotatable bonds is 13. The maximum atomic E-state index is 11.4. The third kappa shape index (κ3) is 11.8. The molecule has 15 heteroatoms. The Hall–Kier alpha value is -7.01. The molecule has 3 saturated heterocycles. The van der Waals surface area contributed by atoms with Crippen molar-refractivity contribution >= 4 is 5.78 Å². The molecule has 3 aliphatic rings. The first kappa shape index (κ1) is 45.6. The number of aliphatic hydroxyl groups is 1. The van der Waals surface area contributed by atoms with Crippen LogP contribution in [0.2, 0.25) is 0 Å². The first-order valence-electron chi connectivity index (χ1n) is 22.3. The number of ketones is 1. The molecule has 0 amide bonds. The molecule has 336 valence electrons. The Morgan fingerprint density at radius 2 is 1.21 bits per heavy atom. The number of carbonyl (C=O) groups is 1. The summed E-state index contributed by atoms with van der Waals surface area (Å²) in [5.74, 6) is 2.45. The van der Waals surface area contributed by atoms with Crippen molar-refractivity contribution in [1.29, 1.82) is 10.5 Å². The molecule has 0 bridgehead atoms. The molecule has 66 heavy (non-hydrogen) atoms. The molecule has 3 fully saturated rings. The second-order valence-corrected chi connectivity index (χ2v) is 16.6. The van der Waals surface area contributed by atoms with Gasteiger partial charge in [0.25, 0.3) is 0 Å². The van der Waals surface area contributed by atoms with Gasteiger partial charge in [-0.15, -0.1) is 0 Å². The molecule has 1 unspecified atom stereocenters. The molecule has 0 radical (unpaired) electrons. The van der Waals surface area contributed by atoms with Gasteiger partial charge in [0, 0.05) is 100 Å². The number of hydrogen-bond donors (Lipinski definition) is 1. The van der Waals surface area contributed by atoms with Gasteiger partial charge >= 0.3 is 0 Å². The summed E-state index contributed by atoms with van der Waals surface area (Å²) in [6, 6.07) is 27.1. The van der Waals surface area contributed by atoms with E-state index in [0.29, 0.717) is 92.3 Å². The van der Waals surface area contributed by atoms with E-state index in [-0.39, 0.29) is 30.1 Å². The molecule has 0 spiro atoms. The van der Waals surface area contributed by atoms with E-state index in [2.05, 4.69) is 54.9 Å². The monoisotopic (exact) mass is 885 g/mol. The van der Waals surface area contributed by atoms with Crippen LogP contribution in [0, 0.1) is 22.7 Å². The largest absolute Gasteiger partial charge is 0.489 e. The number of Topliss-reactive ketones (excluding diaryl/α,β-unsaturated/α-hetero) is 1. The summed E-state index contributed by atoms with van der Waals surface area (Å²) >= 11 is 0. The lowest BCUT2D eigenvalue weighted by Gasteiger charge is -2.40. The predicted molar refractivity (Wildman–Crippen MR) is 243 cm³/mol. The lowest BCUT2D eigenvalue weighted by molar-refractivity contribution is -0.0220. The van der Waals surface area contributed by atoms with Crippen molar-refractivity contribution in [1.82, 2.24) is 34.8 Å². The molecular weight excluding hydrogens is 835 g/mol.